The van der Waals surface area contributed by atoms with Gasteiger partial charge in [-0.15, -0.1) is 0 Å². The molecule has 2 heterocycles. The van der Waals surface area contributed by atoms with Crippen LogP contribution >= 0.6 is 11.8 Å². The van der Waals surface area contributed by atoms with Gasteiger partial charge in [-0.25, -0.2) is 9.78 Å². The SMILES string of the molecule is COc1nc(SC)nc2c1CCN(C(=O)OC(C)(C)C)C2. The minimum atomic E-state index is -0.495. The predicted octanol–water partition coefficient (Wildman–Crippen LogP) is 2.50. The van der Waals surface area contributed by atoms with Crippen LogP contribution in [0.4, 0.5) is 4.79 Å². The summed E-state index contributed by atoms with van der Waals surface area (Å²) >= 11 is 1.45. The lowest BCUT2D eigenvalue weighted by atomic mass is 10.1. The highest BCUT2D eigenvalue weighted by atomic mass is 32.2. The number of ether oxygens (including phenoxy) is 2. The van der Waals surface area contributed by atoms with Gasteiger partial charge < -0.3 is 14.4 Å². The van der Waals surface area contributed by atoms with Crippen LogP contribution in [-0.4, -0.2) is 46.5 Å². The molecule has 0 atom stereocenters. The fourth-order valence-electron chi connectivity index (χ4n) is 2.12. The van der Waals surface area contributed by atoms with Crippen LogP contribution in [0.2, 0.25) is 0 Å². The average molecular weight is 311 g/mol. The second-order valence-corrected chi connectivity index (χ2v) is 6.57. The van der Waals surface area contributed by atoms with Crippen molar-refractivity contribution in [1.29, 1.82) is 0 Å². The first kappa shape index (κ1) is 15.9. The summed E-state index contributed by atoms with van der Waals surface area (Å²) < 4.78 is 10.7. The Balaban J connectivity index is 2.21. The van der Waals surface area contributed by atoms with Crippen LogP contribution < -0.4 is 4.74 Å². The van der Waals surface area contributed by atoms with Crippen LogP contribution in [0.15, 0.2) is 5.16 Å². The maximum Gasteiger partial charge on any atom is 0.410 e. The second kappa shape index (κ2) is 6.09. The van der Waals surface area contributed by atoms with Gasteiger partial charge in [-0.05, 0) is 33.4 Å². The number of aromatic nitrogens is 2. The van der Waals surface area contributed by atoms with Crippen molar-refractivity contribution in [3.63, 3.8) is 0 Å². The summed E-state index contributed by atoms with van der Waals surface area (Å²) in [6.45, 7) is 6.59. The van der Waals surface area contributed by atoms with E-state index in [0.29, 0.717) is 30.5 Å². The number of nitrogens with zero attached hydrogens (tertiary/aromatic N) is 3. The zero-order chi connectivity index (χ0) is 15.6. The fraction of sp³-hybridized carbons (Fsp3) is 0.643. The van der Waals surface area contributed by atoms with Crippen molar-refractivity contribution in [3.05, 3.63) is 11.3 Å². The van der Waals surface area contributed by atoms with Gasteiger partial charge in [-0.2, -0.15) is 4.98 Å². The number of carbonyl (C=O) groups excluding carboxylic acids is 1. The maximum atomic E-state index is 12.2. The number of amides is 1. The van der Waals surface area contributed by atoms with Crippen molar-refractivity contribution >= 4 is 17.9 Å². The highest BCUT2D eigenvalue weighted by molar-refractivity contribution is 7.98. The Morgan fingerprint density at radius 1 is 1.33 bits per heavy atom. The van der Waals surface area contributed by atoms with Crippen molar-refractivity contribution in [2.24, 2.45) is 0 Å². The first-order valence-electron chi connectivity index (χ1n) is 6.79. The molecule has 0 fully saturated rings. The molecule has 1 aliphatic rings. The molecular weight excluding hydrogens is 290 g/mol. The summed E-state index contributed by atoms with van der Waals surface area (Å²) in [5.74, 6) is 0.605. The van der Waals surface area contributed by atoms with Crippen LogP contribution in [-0.2, 0) is 17.7 Å². The van der Waals surface area contributed by atoms with Gasteiger partial charge in [0.15, 0.2) is 5.16 Å². The topological polar surface area (TPSA) is 64.6 Å². The van der Waals surface area contributed by atoms with Crippen molar-refractivity contribution in [2.45, 2.75) is 44.5 Å². The Hall–Kier alpha value is -1.50. The third kappa shape index (κ3) is 3.78. The van der Waals surface area contributed by atoms with Gasteiger partial charge in [0.25, 0.3) is 0 Å². The van der Waals surface area contributed by atoms with E-state index in [-0.39, 0.29) is 6.09 Å². The number of fused-ring (bicyclic) bond motifs is 1. The predicted molar refractivity (Wildman–Crippen MR) is 80.7 cm³/mol. The molecule has 116 valence electrons. The third-order valence-corrected chi connectivity index (χ3v) is 3.58. The Morgan fingerprint density at radius 3 is 2.62 bits per heavy atom. The summed E-state index contributed by atoms with van der Waals surface area (Å²) in [5.41, 5.74) is 1.32. The van der Waals surface area contributed by atoms with Gasteiger partial charge in [0.2, 0.25) is 5.88 Å². The molecule has 7 heteroatoms. The minimum absolute atomic E-state index is 0.309. The Morgan fingerprint density at radius 2 is 2.05 bits per heavy atom. The molecule has 0 saturated carbocycles. The monoisotopic (exact) mass is 311 g/mol. The van der Waals surface area contributed by atoms with E-state index in [9.17, 15) is 4.79 Å². The molecule has 0 radical (unpaired) electrons. The number of hydrogen-bond donors (Lipinski definition) is 0. The van der Waals surface area contributed by atoms with E-state index in [0.717, 1.165) is 11.3 Å². The van der Waals surface area contributed by atoms with Crippen LogP contribution in [0.5, 0.6) is 5.88 Å². The molecule has 1 aliphatic heterocycles. The summed E-state index contributed by atoms with van der Waals surface area (Å²) in [7, 11) is 1.60. The first-order valence-corrected chi connectivity index (χ1v) is 8.02. The molecule has 1 aromatic heterocycles. The largest absolute Gasteiger partial charge is 0.481 e. The lowest BCUT2D eigenvalue weighted by Gasteiger charge is -2.31. The van der Waals surface area contributed by atoms with Crippen LogP contribution in [0.25, 0.3) is 0 Å². The van der Waals surface area contributed by atoms with E-state index in [1.54, 1.807) is 12.0 Å². The molecule has 0 saturated heterocycles. The molecule has 2 rings (SSSR count). The zero-order valence-electron chi connectivity index (χ0n) is 13.1. The number of methoxy groups -OCH3 is 1. The smallest absolute Gasteiger partial charge is 0.410 e. The molecule has 1 amide bonds. The van der Waals surface area contributed by atoms with E-state index < -0.39 is 5.60 Å². The molecule has 0 spiro atoms. The van der Waals surface area contributed by atoms with E-state index >= 15 is 0 Å². The Bertz CT molecular complexity index is 543. The van der Waals surface area contributed by atoms with Crippen molar-refractivity contribution in [1.82, 2.24) is 14.9 Å². The molecule has 6 nitrogen and oxygen atoms in total. The first-order chi connectivity index (χ1) is 9.84. The lowest BCUT2D eigenvalue weighted by Crippen LogP contribution is -2.40. The molecule has 21 heavy (non-hydrogen) atoms. The molecule has 0 aromatic carbocycles. The average Bonchev–Trinajstić information content (AvgIpc) is 2.43. The highest BCUT2D eigenvalue weighted by Gasteiger charge is 2.28. The highest BCUT2D eigenvalue weighted by Crippen LogP contribution is 2.28. The quantitative estimate of drug-likeness (QED) is 0.617. The van der Waals surface area contributed by atoms with E-state index in [2.05, 4.69) is 9.97 Å². The summed E-state index contributed by atoms with van der Waals surface area (Å²) in [6, 6.07) is 0. The lowest BCUT2D eigenvalue weighted by molar-refractivity contribution is 0.0219. The summed E-state index contributed by atoms with van der Waals surface area (Å²) in [4.78, 5) is 22.7. The number of hydrogen-bond acceptors (Lipinski definition) is 6. The minimum Gasteiger partial charge on any atom is -0.481 e. The van der Waals surface area contributed by atoms with Gasteiger partial charge in [-0.3, -0.25) is 0 Å². The molecule has 0 bridgehead atoms. The summed E-state index contributed by atoms with van der Waals surface area (Å²) in [6.07, 6.45) is 2.28. The number of thioether (sulfide) groups is 1. The van der Waals surface area contributed by atoms with Crippen LogP contribution in [0, 0.1) is 0 Å². The molecule has 1 aromatic rings. The molecule has 0 N–H and O–H groups in total. The second-order valence-electron chi connectivity index (χ2n) is 5.80. The number of carbonyl (C=O) groups is 1. The maximum absolute atomic E-state index is 12.2. The van der Waals surface area contributed by atoms with Gasteiger partial charge in [0.1, 0.15) is 5.60 Å². The Labute approximate surface area is 129 Å². The third-order valence-electron chi connectivity index (χ3n) is 3.03. The van der Waals surface area contributed by atoms with E-state index in [1.165, 1.54) is 11.8 Å². The molecule has 0 unspecified atom stereocenters. The fourth-order valence-corrected chi connectivity index (χ4v) is 2.49. The number of rotatable bonds is 2. The van der Waals surface area contributed by atoms with Crippen molar-refractivity contribution in [2.75, 3.05) is 19.9 Å². The molecular formula is C14H21N3O3S. The normalized spacial score (nSPS) is 14.6. The zero-order valence-corrected chi connectivity index (χ0v) is 13.9. The molecule has 0 aliphatic carbocycles. The van der Waals surface area contributed by atoms with Gasteiger partial charge in [0.05, 0.1) is 19.3 Å². The van der Waals surface area contributed by atoms with Crippen LogP contribution in [0.1, 0.15) is 32.0 Å². The van der Waals surface area contributed by atoms with Gasteiger partial charge in [-0.1, -0.05) is 11.8 Å². The summed E-state index contributed by atoms with van der Waals surface area (Å²) in [5, 5.41) is 0.650. The van der Waals surface area contributed by atoms with Crippen molar-refractivity contribution < 1.29 is 14.3 Å². The van der Waals surface area contributed by atoms with Gasteiger partial charge >= 0.3 is 6.09 Å². The van der Waals surface area contributed by atoms with Crippen molar-refractivity contribution in [3.8, 4) is 5.88 Å². The van der Waals surface area contributed by atoms with Crippen LogP contribution in [0.3, 0.4) is 0 Å². The Kier molecular flexibility index (Phi) is 4.61. The van der Waals surface area contributed by atoms with Gasteiger partial charge in [0, 0.05) is 12.1 Å². The van der Waals surface area contributed by atoms with E-state index in [4.69, 9.17) is 9.47 Å². The standard InChI is InChI=1S/C14H21N3O3S/c1-14(2,3)20-13(18)17-7-6-9-10(8-17)15-12(21-5)16-11(9)19-4/h6-8H2,1-5H3. The van der Waals surface area contributed by atoms with E-state index in [1.807, 2.05) is 27.0 Å².